The highest BCUT2D eigenvalue weighted by Gasteiger charge is 2.27. The Kier molecular flexibility index (Phi) is 2.76. The number of aromatic nitrogens is 2. The van der Waals surface area contributed by atoms with Gasteiger partial charge in [-0.3, -0.25) is 4.79 Å². The summed E-state index contributed by atoms with van der Waals surface area (Å²) in [5.41, 5.74) is 8.91. The third-order valence-electron chi connectivity index (χ3n) is 3.49. The van der Waals surface area contributed by atoms with Crippen LogP contribution in [0.3, 0.4) is 0 Å². The molecule has 94 valence electrons. The van der Waals surface area contributed by atoms with Crippen LogP contribution in [-0.4, -0.2) is 39.9 Å². The molecule has 1 aromatic carbocycles. The lowest BCUT2D eigenvalue weighted by atomic mass is 10.1. The summed E-state index contributed by atoms with van der Waals surface area (Å²) in [6.07, 6.45) is 3.32. The Bertz CT molecular complexity index is 577. The average molecular weight is 244 g/mol. The molecule has 0 aliphatic carbocycles. The Balaban J connectivity index is 1.67. The number of rotatable bonds is 3. The zero-order valence-electron chi connectivity index (χ0n) is 10.1. The van der Waals surface area contributed by atoms with Crippen LogP contribution in [0.1, 0.15) is 12.0 Å². The molecule has 1 fully saturated rings. The topological polar surface area (TPSA) is 75.0 Å². The van der Waals surface area contributed by atoms with Gasteiger partial charge in [0, 0.05) is 13.1 Å². The molecule has 0 bridgehead atoms. The summed E-state index contributed by atoms with van der Waals surface area (Å²) in [4.78, 5) is 20.8. The van der Waals surface area contributed by atoms with E-state index < -0.39 is 0 Å². The third-order valence-corrected chi connectivity index (χ3v) is 3.49. The number of amides is 1. The quantitative estimate of drug-likeness (QED) is 0.833. The minimum absolute atomic E-state index is 0.0811. The van der Waals surface area contributed by atoms with Crippen molar-refractivity contribution in [1.29, 1.82) is 0 Å². The number of aromatic amines is 1. The molecular weight excluding hydrogens is 228 g/mol. The highest BCUT2D eigenvalue weighted by molar-refractivity contribution is 5.83. The number of nitrogens with zero attached hydrogens (tertiary/aromatic N) is 2. The number of carbonyl (C=O) groups excluding carboxylic acids is 1. The van der Waals surface area contributed by atoms with Crippen LogP contribution < -0.4 is 5.73 Å². The minimum Gasteiger partial charge on any atom is -0.345 e. The number of hydrogen-bond donors (Lipinski definition) is 2. The van der Waals surface area contributed by atoms with E-state index in [4.69, 9.17) is 5.73 Å². The van der Waals surface area contributed by atoms with Gasteiger partial charge in [0.15, 0.2) is 0 Å². The van der Waals surface area contributed by atoms with Gasteiger partial charge >= 0.3 is 0 Å². The molecule has 3 N–H and O–H groups in total. The Morgan fingerprint density at radius 3 is 3.17 bits per heavy atom. The monoisotopic (exact) mass is 244 g/mol. The molecule has 2 aromatic rings. The summed E-state index contributed by atoms with van der Waals surface area (Å²) >= 11 is 0. The minimum atomic E-state index is -0.292. The van der Waals surface area contributed by atoms with Crippen LogP contribution >= 0.6 is 0 Å². The predicted molar refractivity (Wildman–Crippen MR) is 69.0 cm³/mol. The van der Waals surface area contributed by atoms with Crippen LogP contribution in [-0.2, 0) is 11.2 Å². The lowest BCUT2D eigenvalue weighted by molar-refractivity contribution is -0.128. The second kappa shape index (κ2) is 4.42. The van der Waals surface area contributed by atoms with Gasteiger partial charge in [-0.25, -0.2) is 4.98 Å². The number of fused-ring (bicyclic) bond motifs is 1. The van der Waals surface area contributed by atoms with Gasteiger partial charge in [0.25, 0.3) is 0 Å². The third kappa shape index (κ3) is 1.97. The first-order valence-corrected chi connectivity index (χ1v) is 6.20. The van der Waals surface area contributed by atoms with Crippen LogP contribution in [0.4, 0.5) is 0 Å². The number of benzene rings is 1. The van der Waals surface area contributed by atoms with Gasteiger partial charge in [0.2, 0.25) is 5.91 Å². The molecule has 2 heterocycles. The fourth-order valence-corrected chi connectivity index (χ4v) is 2.39. The smallest absolute Gasteiger partial charge is 0.239 e. The van der Waals surface area contributed by atoms with E-state index in [0.29, 0.717) is 0 Å². The van der Waals surface area contributed by atoms with Gasteiger partial charge in [0.05, 0.1) is 23.4 Å². The Labute approximate surface area is 105 Å². The van der Waals surface area contributed by atoms with Crippen LogP contribution in [0.15, 0.2) is 24.5 Å². The zero-order chi connectivity index (χ0) is 12.5. The van der Waals surface area contributed by atoms with Gasteiger partial charge in [-0.05, 0) is 30.5 Å². The standard InChI is InChI=1S/C13H16N4O/c14-10-4-6-17(13(10)18)5-3-9-1-2-11-12(7-9)16-8-15-11/h1-2,7-8,10H,3-6,14H2,(H,15,16)/t10-/m0/s1. The van der Waals surface area contributed by atoms with Crippen LogP contribution in [0.5, 0.6) is 0 Å². The van der Waals surface area contributed by atoms with Gasteiger partial charge < -0.3 is 15.6 Å². The maximum absolute atomic E-state index is 11.7. The van der Waals surface area contributed by atoms with E-state index >= 15 is 0 Å². The van der Waals surface area contributed by atoms with E-state index in [9.17, 15) is 4.79 Å². The van der Waals surface area contributed by atoms with Gasteiger partial charge in [-0.2, -0.15) is 0 Å². The summed E-state index contributed by atoms with van der Waals surface area (Å²) in [6, 6.07) is 5.85. The van der Waals surface area contributed by atoms with E-state index in [2.05, 4.69) is 22.1 Å². The average Bonchev–Trinajstić information content (AvgIpc) is 2.96. The van der Waals surface area contributed by atoms with Crippen molar-refractivity contribution in [1.82, 2.24) is 14.9 Å². The van der Waals surface area contributed by atoms with Crippen molar-refractivity contribution >= 4 is 16.9 Å². The number of carbonyl (C=O) groups is 1. The van der Waals surface area contributed by atoms with Crippen molar-refractivity contribution < 1.29 is 4.79 Å². The second-order valence-electron chi connectivity index (χ2n) is 4.72. The fourth-order valence-electron chi connectivity index (χ4n) is 2.39. The van der Waals surface area contributed by atoms with E-state index in [1.807, 2.05) is 11.0 Å². The van der Waals surface area contributed by atoms with Crippen molar-refractivity contribution in [3.8, 4) is 0 Å². The van der Waals surface area contributed by atoms with E-state index in [0.717, 1.165) is 37.0 Å². The highest BCUT2D eigenvalue weighted by atomic mass is 16.2. The Morgan fingerprint density at radius 1 is 1.50 bits per heavy atom. The molecule has 5 heteroatoms. The van der Waals surface area contributed by atoms with E-state index in [1.165, 1.54) is 5.56 Å². The van der Waals surface area contributed by atoms with Crippen molar-refractivity contribution in [2.24, 2.45) is 5.73 Å². The summed E-state index contributed by atoms with van der Waals surface area (Å²) in [5, 5.41) is 0. The highest BCUT2D eigenvalue weighted by Crippen LogP contribution is 2.14. The molecule has 1 aromatic heterocycles. The van der Waals surface area contributed by atoms with Crippen LogP contribution in [0.25, 0.3) is 11.0 Å². The summed E-state index contributed by atoms with van der Waals surface area (Å²) < 4.78 is 0. The maximum Gasteiger partial charge on any atom is 0.239 e. The zero-order valence-corrected chi connectivity index (χ0v) is 10.1. The number of hydrogen-bond acceptors (Lipinski definition) is 3. The second-order valence-corrected chi connectivity index (χ2v) is 4.72. The number of nitrogens with two attached hydrogens (primary N) is 1. The molecule has 1 aliphatic heterocycles. The molecule has 0 spiro atoms. The summed E-state index contributed by atoms with van der Waals surface area (Å²) in [6.45, 7) is 1.53. The fraction of sp³-hybridized carbons (Fsp3) is 0.385. The molecule has 1 saturated heterocycles. The van der Waals surface area contributed by atoms with E-state index in [-0.39, 0.29) is 11.9 Å². The van der Waals surface area contributed by atoms with Crippen molar-refractivity contribution in [3.05, 3.63) is 30.1 Å². The molecule has 0 unspecified atom stereocenters. The predicted octanol–water partition coefficient (Wildman–Crippen LogP) is 0.665. The molecule has 1 amide bonds. The maximum atomic E-state index is 11.7. The van der Waals surface area contributed by atoms with Crippen molar-refractivity contribution in [2.75, 3.05) is 13.1 Å². The molecule has 0 radical (unpaired) electrons. The summed E-state index contributed by atoms with van der Waals surface area (Å²) in [7, 11) is 0. The molecule has 18 heavy (non-hydrogen) atoms. The molecule has 1 aliphatic rings. The number of H-pyrrole nitrogens is 1. The van der Waals surface area contributed by atoms with E-state index in [1.54, 1.807) is 6.33 Å². The lowest BCUT2D eigenvalue weighted by Crippen LogP contribution is -2.35. The number of imidazole rings is 1. The first-order valence-electron chi connectivity index (χ1n) is 6.20. The van der Waals surface area contributed by atoms with Crippen LogP contribution in [0.2, 0.25) is 0 Å². The molecule has 5 nitrogen and oxygen atoms in total. The molecule has 1 atom stereocenters. The Morgan fingerprint density at radius 2 is 2.39 bits per heavy atom. The largest absolute Gasteiger partial charge is 0.345 e. The van der Waals surface area contributed by atoms with Gasteiger partial charge in [-0.1, -0.05) is 6.07 Å². The lowest BCUT2D eigenvalue weighted by Gasteiger charge is -2.15. The van der Waals surface area contributed by atoms with Crippen LogP contribution in [0, 0.1) is 0 Å². The first kappa shape index (κ1) is 11.2. The molecular formula is C13H16N4O. The molecule has 3 rings (SSSR count). The van der Waals surface area contributed by atoms with Gasteiger partial charge in [0.1, 0.15) is 0 Å². The van der Waals surface area contributed by atoms with Gasteiger partial charge in [-0.15, -0.1) is 0 Å². The summed E-state index contributed by atoms with van der Waals surface area (Å²) in [5.74, 6) is 0.0811. The normalized spacial score (nSPS) is 19.9. The van der Waals surface area contributed by atoms with Crippen molar-refractivity contribution in [3.63, 3.8) is 0 Å². The SMILES string of the molecule is N[C@H]1CCN(CCc2ccc3nc[nH]c3c2)C1=O. The first-order chi connectivity index (χ1) is 8.74. The van der Waals surface area contributed by atoms with Crippen molar-refractivity contribution in [2.45, 2.75) is 18.9 Å². The Hall–Kier alpha value is -1.88. The molecule has 0 saturated carbocycles. The number of likely N-dealkylation sites (tertiary alicyclic amines) is 1. The number of nitrogens with one attached hydrogen (secondary N) is 1.